The number of amides is 1. The van der Waals surface area contributed by atoms with Gasteiger partial charge in [-0.15, -0.1) is 6.42 Å². The Bertz CT molecular complexity index is 365. The van der Waals surface area contributed by atoms with E-state index in [2.05, 4.69) is 16.6 Å². The van der Waals surface area contributed by atoms with Gasteiger partial charge in [0.15, 0.2) is 0 Å². The van der Waals surface area contributed by atoms with Crippen molar-refractivity contribution < 1.29 is 9.21 Å². The van der Waals surface area contributed by atoms with Gasteiger partial charge < -0.3 is 9.73 Å². The minimum absolute atomic E-state index is 0.0350. The van der Waals surface area contributed by atoms with E-state index in [9.17, 15) is 4.79 Å². The second kappa shape index (κ2) is 7.53. The first kappa shape index (κ1) is 13.3. The minimum atomic E-state index is -0.0350. The van der Waals surface area contributed by atoms with E-state index in [0.717, 1.165) is 18.6 Å². The number of aryl methyl sites for hydroxylation is 1. The fourth-order valence-corrected chi connectivity index (χ4v) is 1.46. The first-order valence-electron chi connectivity index (χ1n) is 5.68. The van der Waals surface area contributed by atoms with Gasteiger partial charge in [-0.2, -0.15) is 0 Å². The molecule has 2 N–H and O–H groups in total. The molecule has 0 saturated carbocycles. The van der Waals surface area contributed by atoms with E-state index in [4.69, 9.17) is 10.8 Å². The predicted octanol–water partition coefficient (Wildman–Crippen LogP) is 0.940. The highest BCUT2D eigenvalue weighted by molar-refractivity contribution is 5.78. The molecule has 4 heteroatoms. The van der Waals surface area contributed by atoms with E-state index in [0.29, 0.717) is 6.54 Å². The lowest BCUT2D eigenvalue weighted by Crippen LogP contribution is -2.39. The summed E-state index contributed by atoms with van der Waals surface area (Å²) in [6.07, 6.45) is 8.40. The lowest BCUT2D eigenvalue weighted by atomic mass is 10.1. The monoisotopic (exact) mass is 234 g/mol. The zero-order valence-electron chi connectivity index (χ0n) is 10.0. The normalized spacial score (nSPS) is 11.8. The maximum atomic E-state index is 11.4. The molecule has 1 rings (SSSR count). The van der Waals surface area contributed by atoms with Crippen LogP contribution in [-0.2, 0) is 11.2 Å². The second-order valence-corrected chi connectivity index (χ2v) is 3.89. The van der Waals surface area contributed by atoms with Crippen molar-refractivity contribution in [1.29, 1.82) is 0 Å². The molecular formula is C13H18N2O2. The Kier molecular flexibility index (Phi) is 5.91. The molecule has 17 heavy (non-hydrogen) atoms. The predicted molar refractivity (Wildman–Crippen MR) is 66.3 cm³/mol. The highest BCUT2D eigenvalue weighted by Gasteiger charge is 2.07. The lowest BCUT2D eigenvalue weighted by molar-refractivity contribution is -0.120. The van der Waals surface area contributed by atoms with Gasteiger partial charge in [0.05, 0.1) is 19.4 Å². The Balaban J connectivity index is 2.14. The van der Waals surface area contributed by atoms with Gasteiger partial charge in [-0.1, -0.05) is 5.92 Å². The van der Waals surface area contributed by atoms with Gasteiger partial charge in [-0.05, 0) is 25.5 Å². The molecule has 1 amide bonds. The van der Waals surface area contributed by atoms with Crippen LogP contribution in [0.1, 0.15) is 19.1 Å². The Hall–Kier alpha value is -1.73. The molecule has 0 aromatic carbocycles. The van der Waals surface area contributed by atoms with Gasteiger partial charge in [-0.25, -0.2) is 0 Å². The Morgan fingerprint density at radius 2 is 2.47 bits per heavy atom. The van der Waals surface area contributed by atoms with Crippen LogP contribution in [0.3, 0.4) is 0 Å². The fraction of sp³-hybridized carbons (Fsp3) is 0.462. The topological polar surface area (TPSA) is 54.3 Å². The SMILES string of the molecule is C#CCNCC(=O)NC(C)CCc1ccco1. The van der Waals surface area contributed by atoms with E-state index in [1.54, 1.807) is 6.26 Å². The van der Waals surface area contributed by atoms with Crippen LogP contribution in [0.15, 0.2) is 22.8 Å². The van der Waals surface area contributed by atoms with Crippen molar-refractivity contribution in [2.24, 2.45) is 0 Å². The summed E-state index contributed by atoms with van der Waals surface area (Å²) in [6.45, 7) is 2.64. The first-order chi connectivity index (χ1) is 8.22. The van der Waals surface area contributed by atoms with Gasteiger partial charge >= 0.3 is 0 Å². The molecule has 0 aliphatic carbocycles. The highest BCUT2D eigenvalue weighted by Crippen LogP contribution is 2.05. The number of carbonyl (C=O) groups excluding carboxylic acids is 1. The van der Waals surface area contributed by atoms with E-state index < -0.39 is 0 Å². The molecular weight excluding hydrogens is 216 g/mol. The zero-order valence-corrected chi connectivity index (χ0v) is 10.0. The van der Waals surface area contributed by atoms with Crippen molar-refractivity contribution in [1.82, 2.24) is 10.6 Å². The van der Waals surface area contributed by atoms with Crippen molar-refractivity contribution in [2.75, 3.05) is 13.1 Å². The third kappa shape index (κ3) is 5.79. The van der Waals surface area contributed by atoms with Crippen LogP contribution in [0, 0.1) is 12.3 Å². The molecule has 0 fully saturated rings. The van der Waals surface area contributed by atoms with Gasteiger partial charge in [-0.3, -0.25) is 10.1 Å². The first-order valence-corrected chi connectivity index (χ1v) is 5.68. The van der Waals surface area contributed by atoms with Crippen LogP contribution in [0.25, 0.3) is 0 Å². The van der Waals surface area contributed by atoms with Crippen molar-refractivity contribution in [2.45, 2.75) is 25.8 Å². The molecule has 1 aromatic rings. The number of hydrogen-bond acceptors (Lipinski definition) is 3. The van der Waals surface area contributed by atoms with Crippen molar-refractivity contribution >= 4 is 5.91 Å². The molecule has 1 unspecified atom stereocenters. The quantitative estimate of drug-likeness (QED) is 0.545. The molecule has 0 radical (unpaired) electrons. The van der Waals surface area contributed by atoms with Gasteiger partial charge in [0.2, 0.25) is 5.91 Å². The van der Waals surface area contributed by atoms with Crippen LogP contribution < -0.4 is 10.6 Å². The number of rotatable bonds is 7. The van der Waals surface area contributed by atoms with Crippen molar-refractivity contribution in [3.05, 3.63) is 24.2 Å². The number of terminal acetylenes is 1. The van der Waals surface area contributed by atoms with Gasteiger partial charge in [0.1, 0.15) is 5.76 Å². The average Bonchev–Trinajstić information content (AvgIpc) is 2.79. The summed E-state index contributed by atoms with van der Waals surface area (Å²) in [5.41, 5.74) is 0. The Labute approximate surface area is 102 Å². The molecule has 0 aliphatic rings. The Morgan fingerprint density at radius 3 is 3.12 bits per heavy atom. The molecule has 0 aliphatic heterocycles. The molecule has 1 aromatic heterocycles. The van der Waals surface area contributed by atoms with E-state index in [-0.39, 0.29) is 18.5 Å². The van der Waals surface area contributed by atoms with Crippen molar-refractivity contribution in [3.8, 4) is 12.3 Å². The Morgan fingerprint density at radius 1 is 1.65 bits per heavy atom. The lowest BCUT2D eigenvalue weighted by Gasteiger charge is -2.13. The molecule has 1 heterocycles. The van der Waals surface area contributed by atoms with Crippen molar-refractivity contribution in [3.63, 3.8) is 0 Å². The molecule has 1 atom stereocenters. The van der Waals surface area contributed by atoms with Gasteiger partial charge in [0, 0.05) is 12.5 Å². The van der Waals surface area contributed by atoms with Crippen LogP contribution in [0.4, 0.5) is 0 Å². The fourth-order valence-electron chi connectivity index (χ4n) is 1.46. The summed E-state index contributed by atoms with van der Waals surface area (Å²) in [7, 11) is 0. The molecule has 0 bridgehead atoms. The number of nitrogens with one attached hydrogen (secondary N) is 2. The van der Waals surface area contributed by atoms with E-state index >= 15 is 0 Å². The smallest absolute Gasteiger partial charge is 0.234 e. The maximum absolute atomic E-state index is 11.4. The summed E-state index contributed by atoms with van der Waals surface area (Å²) in [6, 6.07) is 3.92. The number of carbonyl (C=O) groups is 1. The van der Waals surface area contributed by atoms with Crippen LogP contribution in [0.2, 0.25) is 0 Å². The summed E-state index contributed by atoms with van der Waals surface area (Å²) in [4.78, 5) is 11.4. The largest absolute Gasteiger partial charge is 0.469 e. The summed E-state index contributed by atoms with van der Waals surface area (Å²) in [5, 5.41) is 5.73. The molecule has 0 saturated heterocycles. The maximum Gasteiger partial charge on any atom is 0.234 e. The molecule has 92 valence electrons. The summed E-state index contributed by atoms with van der Waals surface area (Å²) in [5.74, 6) is 3.32. The van der Waals surface area contributed by atoms with E-state index in [1.165, 1.54) is 0 Å². The van der Waals surface area contributed by atoms with E-state index in [1.807, 2.05) is 19.1 Å². The summed E-state index contributed by atoms with van der Waals surface area (Å²) >= 11 is 0. The van der Waals surface area contributed by atoms with Crippen LogP contribution in [-0.4, -0.2) is 25.0 Å². The van der Waals surface area contributed by atoms with Crippen LogP contribution in [0.5, 0.6) is 0 Å². The molecule has 4 nitrogen and oxygen atoms in total. The third-order valence-electron chi connectivity index (χ3n) is 2.32. The average molecular weight is 234 g/mol. The zero-order chi connectivity index (χ0) is 12.5. The second-order valence-electron chi connectivity index (χ2n) is 3.89. The van der Waals surface area contributed by atoms with Gasteiger partial charge in [0.25, 0.3) is 0 Å². The molecule has 0 spiro atoms. The highest BCUT2D eigenvalue weighted by atomic mass is 16.3. The standard InChI is InChI=1S/C13H18N2O2/c1-3-8-14-10-13(16)15-11(2)6-7-12-5-4-9-17-12/h1,4-5,9,11,14H,6-8,10H2,2H3,(H,15,16). The minimum Gasteiger partial charge on any atom is -0.469 e. The number of hydrogen-bond donors (Lipinski definition) is 2. The third-order valence-corrected chi connectivity index (χ3v) is 2.32. The summed E-state index contributed by atoms with van der Waals surface area (Å²) < 4.78 is 5.22. The van der Waals surface area contributed by atoms with Crippen LogP contribution >= 0.6 is 0 Å². The number of furan rings is 1.